The van der Waals surface area contributed by atoms with Gasteiger partial charge in [-0.3, -0.25) is 0 Å². The normalized spacial score (nSPS) is 12.4. The third-order valence-corrected chi connectivity index (χ3v) is 8.68. The molecule has 0 aliphatic heterocycles. The summed E-state index contributed by atoms with van der Waals surface area (Å²) in [7, 11) is -3.24. The van der Waals surface area contributed by atoms with Gasteiger partial charge in [0.2, 0.25) is 0 Å². The van der Waals surface area contributed by atoms with E-state index in [2.05, 4.69) is 0 Å². The molecule has 24 heavy (non-hydrogen) atoms. The van der Waals surface area contributed by atoms with Crippen molar-refractivity contribution in [3.05, 3.63) is 71.0 Å². The molecule has 2 aromatic rings. The van der Waals surface area contributed by atoms with Crippen LogP contribution in [0.15, 0.2) is 60.4 Å². The summed E-state index contributed by atoms with van der Waals surface area (Å²) in [5.41, 5.74) is 1.05. The summed E-state index contributed by atoms with van der Waals surface area (Å²) in [6.45, 7) is 4.32. The summed E-state index contributed by atoms with van der Waals surface area (Å²) in [6.07, 6.45) is 0. The van der Waals surface area contributed by atoms with E-state index >= 15 is 0 Å². The van der Waals surface area contributed by atoms with Crippen molar-refractivity contribution in [3.8, 4) is 0 Å². The number of hydrogen-bond acceptors (Lipinski definition) is 3. The van der Waals surface area contributed by atoms with Crippen molar-refractivity contribution in [2.75, 3.05) is 13.2 Å². The van der Waals surface area contributed by atoms with Gasteiger partial charge < -0.3 is 0 Å². The summed E-state index contributed by atoms with van der Waals surface area (Å²) in [5.74, 6) is 1.70. The topological polar surface area (TPSA) is 35.5 Å². The minimum atomic E-state index is -3.24. The van der Waals surface area contributed by atoms with Gasteiger partial charge in [-0.05, 0) is 0 Å². The van der Waals surface area contributed by atoms with Gasteiger partial charge in [0.05, 0.1) is 0 Å². The molecule has 0 heterocycles. The number of hydrogen-bond donors (Lipinski definition) is 0. The molecule has 0 aliphatic carbocycles. The molecule has 128 valence electrons. The van der Waals surface area contributed by atoms with E-state index in [4.69, 9.17) is 20.6 Å². The maximum atomic E-state index is 12.9. The van der Waals surface area contributed by atoms with E-state index in [-0.39, 0.29) is 0 Å². The Balaban J connectivity index is 2.40. The van der Waals surface area contributed by atoms with E-state index in [0.717, 1.165) is 9.18 Å². The molecule has 0 spiro atoms. The van der Waals surface area contributed by atoms with E-state index in [9.17, 15) is 4.57 Å². The van der Waals surface area contributed by atoms with Crippen molar-refractivity contribution >= 4 is 47.4 Å². The molecule has 3 nitrogen and oxygen atoms in total. The number of rotatable bonds is 8. The predicted molar refractivity (Wildman–Crippen MR) is 102 cm³/mol. The summed E-state index contributed by atoms with van der Waals surface area (Å²) in [5, 5.41) is 0.714. The maximum absolute atomic E-state index is 12.9. The Bertz CT molecular complexity index is 707. The van der Waals surface area contributed by atoms with Gasteiger partial charge in [-0.2, -0.15) is 0 Å². The van der Waals surface area contributed by atoms with Crippen LogP contribution in [0.1, 0.15) is 19.4 Å². The first-order valence-corrected chi connectivity index (χ1v) is 12.0. The van der Waals surface area contributed by atoms with Crippen LogP contribution in [0.4, 0.5) is 0 Å². The van der Waals surface area contributed by atoms with Gasteiger partial charge in [0.1, 0.15) is 0 Å². The van der Waals surface area contributed by atoms with Crippen molar-refractivity contribution in [2.24, 2.45) is 0 Å². The molecular weight excluding hydrogens is 458 g/mol. The van der Waals surface area contributed by atoms with E-state index in [1.807, 2.05) is 68.4 Å². The summed E-state index contributed by atoms with van der Waals surface area (Å²) in [4.78, 5) is 0. The van der Waals surface area contributed by atoms with Gasteiger partial charge in [-0.15, -0.1) is 0 Å². The molecule has 0 saturated carbocycles. The molecule has 2 rings (SSSR count). The van der Waals surface area contributed by atoms with Gasteiger partial charge >= 0.3 is 159 Å². The Labute approximate surface area is 158 Å². The number of halogens is 1. The molecule has 2 aromatic carbocycles. The van der Waals surface area contributed by atoms with E-state index in [1.54, 1.807) is 5.82 Å². The zero-order valence-electron chi connectivity index (χ0n) is 13.6. The SMILES string of the molecule is CCOP(=O)(/C=C(\[Te]c1ccc(Cl)cc1)c1ccccc1)OCC. The van der Waals surface area contributed by atoms with Gasteiger partial charge in [-0.1, -0.05) is 0 Å². The second-order valence-corrected chi connectivity index (χ2v) is 10.3. The Kier molecular flexibility index (Phi) is 8.04. The first-order valence-electron chi connectivity index (χ1n) is 7.67. The Morgan fingerprint density at radius 1 is 1.04 bits per heavy atom. The molecule has 0 fully saturated rings. The summed E-state index contributed by atoms with van der Waals surface area (Å²) in [6, 6.07) is 17.8. The molecule has 0 aliphatic rings. The Morgan fingerprint density at radius 2 is 1.62 bits per heavy atom. The van der Waals surface area contributed by atoms with Crippen molar-refractivity contribution in [3.63, 3.8) is 0 Å². The van der Waals surface area contributed by atoms with Crippen LogP contribution in [0, 0.1) is 0 Å². The zero-order chi connectivity index (χ0) is 17.4. The fraction of sp³-hybridized carbons (Fsp3) is 0.222. The fourth-order valence-electron chi connectivity index (χ4n) is 2.01. The Hall–Kier alpha value is -0.590. The number of benzene rings is 2. The first kappa shape index (κ1) is 19.7. The van der Waals surface area contributed by atoms with Gasteiger partial charge in [0.15, 0.2) is 0 Å². The van der Waals surface area contributed by atoms with Crippen molar-refractivity contribution in [1.82, 2.24) is 0 Å². The van der Waals surface area contributed by atoms with Crippen LogP contribution in [-0.4, -0.2) is 34.1 Å². The molecule has 0 N–H and O–H groups in total. The van der Waals surface area contributed by atoms with E-state index in [0.29, 0.717) is 18.2 Å². The summed E-state index contributed by atoms with van der Waals surface area (Å²) >= 11 is 5.21. The minimum absolute atomic E-state index is 0.345. The van der Waals surface area contributed by atoms with Gasteiger partial charge in [-0.25, -0.2) is 0 Å². The van der Waals surface area contributed by atoms with Gasteiger partial charge in [0.25, 0.3) is 0 Å². The molecular formula is C18H20ClO3PTe. The molecule has 6 heteroatoms. The molecule has 0 unspecified atom stereocenters. The van der Waals surface area contributed by atoms with E-state index < -0.39 is 28.5 Å². The van der Waals surface area contributed by atoms with Crippen LogP contribution in [0.5, 0.6) is 0 Å². The van der Waals surface area contributed by atoms with Crippen molar-refractivity contribution < 1.29 is 13.6 Å². The average Bonchev–Trinajstić information content (AvgIpc) is 2.57. The quantitative estimate of drug-likeness (QED) is 0.399. The van der Waals surface area contributed by atoms with Crippen LogP contribution in [0.25, 0.3) is 3.62 Å². The first-order chi connectivity index (χ1) is 11.6. The molecule has 0 radical (unpaired) electrons. The summed E-state index contributed by atoms with van der Waals surface area (Å²) < 4.78 is 26.0. The standard InChI is InChI=1S/C18H20ClO3PTe/c1-3-21-23(20,22-4-2)14-18(15-8-6-5-7-9-15)24-17-12-10-16(19)11-13-17/h5-14H,3-4H2,1-2H3/b18-14-. The van der Waals surface area contributed by atoms with Crippen LogP contribution >= 0.6 is 19.2 Å². The monoisotopic (exact) mass is 480 g/mol. The molecule has 0 atom stereocenters. The fourth-order valence-corrected chi connectivity index (χ4v) is 7.35. The average molecular weight is 478 g/mol. The molecule has 0 saturated heterocycles. The third-order valence-electron chi connectivity index (χ3n) is 2.99. The Morgan fingerprint density at radius 3 is 2.17 bits per heavy atom. The van der Waals surface area contributed by atoms with Crippen LogP contribution < -0.4 is 3.61 Å². The van der Waals surface area contributed by atoms with E-state index in [1.165, 1.54) is 3.61 Å². The molecule has 0 amide bonds. The molecule has 0 bridgehead atoms. The second-order valence-electron chi connectivity index (χ2n) is 4.79. The van der Waals surface area contributed by atoms with Crippen molar-refractivity contribution in [1.29, 1.82) is 0 Å². The van der Waals surface area contributed by atoms with Gasteiger partial charge in [0, 0.05) is 0 Å². The molecule has 0 aromatic heterocycles. The van der Waals surface area contributed by atoms with Crippen LogP contribution in [0.2, 0.25) is 5.02 Å². The van der Waals surface area contributed by atoms with Crippen molar-refractivity contribution in [2.45, 2.75) is 13.8 Å². The van der Waals surface area contributed by atoms with Crippen LogP contribution in [-0.2, 0) is 13.6 Å². The van der Waals surface area contributed by atoms with Crippen LogP contribution in [0.3, 0.4) is 0 Å². The second kappa shape index (κ2) is 9.78. The third kappa shape index (κ3) is 6.05. The predicted octanol–water partition coefficient (Wildman–Crippen LogP) is 4.93. The zero-order valence-corrected chi connectivity index (χ0v) is 17.6.